The lowest BCUT2D eigenvalue weighted by Gasteiger charge is -2.16. The zero-order valence-electron chi connectivity index (χ0n) is 18.4. The number of aromatic nitrogens is 3. The molecule has 0 saturated heterocycles. The van der Waals surface area contributed by atoms with Gasteiger partial charge in [-0.25, -0.2) is 0 Å². The fourth-order valence-corrected chi connectivity index (χ4v) is 3.99. The van der Waals surface area contributed by atoms with Crippen molar-refractivity contribution in [3.8, 4) is 5.75 Å². The first-order chi connectivity index (χ1) is 15.3. The summed E-state index contributed by atoms with van der Waals surface area (Å²) >= 11 is 7.39. The first-order valence-corrected chi connectivity index (χ1v) is 11.5. The van der Waals surface area contributed by atoms with Crippen molar-refractivity contribution in [2.75, 3.05) is 11.1 Å². The summed E-state index contributed by atoms with van der Waals surface area (Å²) in [5.74, 6) is 1.38. The summed E-state index contributed by atoms with van der Waals surface area (Å²) in [6.07, 6.45) is -0.328. The maximum absolute atomic E-state index is 12.4. The van der Waals surface area contributed by atoms with Gasteiger partial charge in [-0.1, -0.05) is 23.4 Å². The molecule has 0 aliphatic heterocycles. The van der Waals surface area contributed by atoms with Gasteiger partial charge < -0.3 is 14.6 Å². The number of Topliss-reactive ketones (excluding diaryl/α,β-unsaturated/α-hetero) is 1. The Morgan fingerprint density at radius 3 is 2.53 bits per heavy atom. The second-order valence-corrected chi connectivity index (χ2v) is 8.58. The first kappa shape index (κ1) is 23.8. The minimum Gasteiger partial charge on any atom is -0.483 e. The van der Waals surface area contributed by atoms with Crippen LogP contribution in [-0.4, -0.2) is 32.2 Å². The van der Waals surface area contributed by atoms with Crippen molar-refractivity contribution in [1.29, 1.82) is 0 Å². The highest BCUT2D eigenvalue weighted by atomic mass is 35.5. The third-order valence-corrected chi connectivity index (χ3v) is 6.17. The van der Waals surface area contributed by atoms with Gasteiger partial charge >= 0.3 is 0 Å². The zero-order valence-corrected chi connectivity index (χ0v) is 20.0. The van der Waals surface area contributed by atoms with Gasteiger partial charge in [-0.2, -0.15) is 0 Å². The SMILES string of the molecule is CCn1c(SCC(=O)Nc2ccc(C(C)=O)cc2)nnc1C(C)Oc1ccc(Cl)c(C)c1. The minimum absolute atomic E-state index is 0.0162. The van der Waals surface area contributed by atoms with E-state index in [-0.39, 0.29) is 23.5 Å². The van der Waals surface area contributed by atoms with E-state index < -0.39 is 0 Å². The number of carbonyl (C=O) groups is 2. The standard InChI is InChI=1S/C23H25ClN4O3S/c1-5-28-22(16(4)31-19-10-11-20(24)14(2)12-19)26-27-23(28)32-13-21(30)25-18-8-6-17(7-9-18)15(3)29/h6-12,16H,5,13H2,1-4H3,(H,25,30). The van der Waals surface area contributed by atoms with Crippen LogP contribution < -0.4 is 10.1 Å². The van der Waals surface area contributed by atoms with Crippen LogP contribution >= 0.6 is 23.4 Å². The van der Waals surface area contributed by atoms with E-state index in [2.05, 4.69) is 15.5 Å². The van der Waals surface area contributed by atoms with Gasteiger partial charge in [-0.15, -0.1) is 10.2 Å². The van der Waals surface area contributed by atoms with Gasteiger partial charge in [0.15, 0.2) is 22.9 Å². The lowest BCUT2D eigenvalue weighted by atomic mass is 10.1. The molecule has 0 saturated carbocycles. The first-order valence-electron chi connectivity index (χ1n) is 10.2. The van der Waals surface area contributed by atoms with Crippen molar-refractivity contribution in [3.63, 3.8) is 0 Å². The highest BCUT2D eigenvalue weighted by molar-refractivity contribution is 7.99. The number of nitrogens with zero attached hydrogens (tertiary/aromatic N) is 3. The summed E-state index contributed by atoms with van der Waals surface area (Å²) in [5, 5.41) is 12.7. The Morgan fingerprint density at radius 2 is 1.91 bits per heavy atom. The maximum atomic E-state index is 12.4. The van der Waals surface area contributed by atoms with E-state index in [0.717, 1.165) is 5.56 Å². The van der Waals surface area contributed by atoms with Crippen molar-refractivity contribution in [1.82, 2.24) is 14.8 Å². The van der Waals surface area contributed by atoms with E-state index >= 15 is 0 Å². The van der Waals surface area contributed by atoms with Crippen molar-refractivity contribution in [2.45, 2.75) is 45.5 Å². The number of hydrogen-bond acceptors (Lipinski definition) is 6. The molecular formula is C23H25ClN4O3S. The normalized spacial score (nSPS) is 11.8. The molecule has 0 radical (unpaired) electrons. The fraction of sp³-hybridized carbons (Fsp3) is 0.304. The zero-order chi connectivity index (χ0) is 23.3. The molecule has 1 aromatic heterocycles. The van der Waals surface area contributed by atoms with Crippen LogP contribution in [0, 0.1) is 6.92 Å². The van der Waals surface area contributed by atoms with Crippen molar-refractivity contribution >= 4 is 40.7 Å². The van der Waals surface area contributed by atoms with E-state index in [1.165, 1.54) is 18.7 Å². The Hall–Kier alpha value is -2.84. The number of rotatable bonds is 9. The number of aryl methyl sites for hydroxylation is 1. The van der Waals surface area contributed by atoms with E-state index in [9.17, 15) is 9.59 Å². The molecule has 0 fully saturated rings. The molecule has 0 aliphatic rings. The topological polar surface area (TPSA) is 86.1 Å². The minimum atomic E-state index is -0.328. The summed E-state index contributed by atoms with van der Waals surface area (Å²) in [4.78, 5) is 23.7. The highest BCUT2D eigenvalue weighted by Crippen LogP contribution is 2.27. The molecule has 1 unspecified atom stereocenters. The van der Waals surface area contributed by atoms with Crippen LogP contribution in [0.4, 0.5) is 5.69 Å². The second-order valence-electron chi connectivity index (χ2n) is 7.23. The quantitative estimate of drug-likeness (QED) is 0.334. The van der Waals surface area contributed by atoms with Gasteiger partial charge in [0, 0.05) is 22.8 Å². The summed E-state index contributed by atoms with van der Waals surface area (Å²) in [7, 11) is 0. The largest absolute Gasteiger partial charge is 0.483 e. The Balaban J connectivity index is 1.61. The molecule has 0 spiro atoms. The van der Waals surface area contributed by atoms with Gasteiger partial charge in [0.05, 0.1) is 5.75 Å². The van der Waals surface area contributed by atoms with Crippen molar-refractivity contribution in [3.05, 3.63) is 64.4 Å². The number of ether oxygens (including phenoxy) is 1. The molecule has 3 rings (SSSR count). The van der Waals surface area contributed by atoms with Crippen LogP contribution in [0.1, 0.15) is 48.6 Å². The Morgan fingerprint density at radius 1 is 1.19 bits per heavy atom. The molecule has 168 valence electrons. The van der Waals surface area contributed by atoms with Crippen molar-refractivity contribution in [2.24, 2.45) is 0 Å². The van der Waals surface area contributed by atoms with Gasteiger partial charge in [0.2, 0.25) is 5.91 Å². The number of thioether (sulfide) groups is 1. The molecule has 1 heterocycles. The monoisotopic (exact) mass is 472 g/mol. The third-order valence-electron chi connectivity index (χ3n) is 4.78. The van der Waals surface area contributed by atoms with Crippen LogP contribution in [0.25, 0.3) is 0 Å². The molecule has 2 aromatic carbocycles. The second kappa shape index (κ2) is 10.7. The molecule has 0 aliphatic carbocycles. The molecule has 9 heteroatoms. The van der Waals surface area contributed by atoms with Crippen LogP contribution in [0.3, 0.4) is 0 Å². The van der Waals surface area contributed by atoms with Crippen molar-refractivity contribution < 1.29 is 14.3 Å². The maximum Gasteiger partial charge on any atom is 0.234 e. The summed E-state index contributed by atoms with van der Waals surface area (Å²) in [6.45, 7) is 7.97. The smallest absolute Gasteiger partial charge is 0.234 e. The molecule has 0 bridgehead atoms. The number of ketones is 1. The van der Waals surface area contributed by atoms with Gasteiger partial charge in [0.25, 0.3) is 0 Å². The average molecular weight is 473 g/mol. The third kappa shape index (κ3) is 5.89. The number of nitrogens with one attached hydrogen (secondary N) is 1. The van der Waals surface area contributed by atoms with Crippen LogP contribution in [0.15, 0.2) is 47.6 Å². The van der Waals surface area contributed by atoms with Crippen LogP contribution in [0.2, 0.25) is 5.02 Å². The number of benzene rings is 2. The number of anilines is 1. The number of carbonyl (C=O) groups excluding carboxylic acids is 2. The van der Waals surface area contributed by atoms with Gasteiger partial charge in [0.1, 0.15) is 5.75 Å². The lowest BCUT2D eigenvalue weighted by Crippen LogP contribution is -2.15. The predicted molar refractivity (Wildman–Crippen MR) is 127 cm³/mol. The number of hydrogen-bond donors (Lipinski definition) is 1. The molecular weight excluding hydrogens is 448 g/mol. The number of amides is 1. The Kier molecular flexibility index (Phi) is 7.93. The van der Waals surface area contributed by atoms with Crippen LogP contribution in [-0.2, 0) is 11.3 Å². The Labute approximate surface area is 196 Å². The molecule has 1 N–H and O–H groups in total. The molecule has 1 atom stereocenters. The Bertz CT molecular complexity index is 1110. The fourth-order valence-electron chi connectivity index (χ4n) is 3.07. The summed E-state index contributed by atoms with van der Waals surface area (Å²) in [5.41, 5.74) is 2.18. The van der Waals surface area contributed by atoms with E-state index in [0.29, 0.717) is 39.5 Å². The number of halogens is 1. The molecule has 1 amide bonds. The molecule has 32 heavy (non-hydrogen) atoms. The lowest BCUT2D eigenvalue weighted by molar-refractivity contribution is -0.113. The summed E-state index contributed by atoms with van der Waals surface area (Å²) < 4.78 is 7.97. The highest BCUT2D eigenvalue weighted by Gasteiger charge is 2.19. The van der Waals surface area contributed by atoms with Crippen LogP contribution in [0.5, 0.6) is 5.75 Å². The van der Waals surface area contributed by atoms with E-state index in [4.69, 9.17) is 16.3 Å². The predicted octanol–water partition coefficient (Wildman–Crippen LogP) is 5.33. The van der Waals surface area contributed by atoms with Gasteiger partial charge in [-0.05, 0) is 75.7 Å². The average Bonchev–Trinajstić information content (AvgIpc) is 3.18. The molecule has 7 nitrogen and oxygen atoms in total. The van der Waals surface area contributed by atoms with E-state index in [1.807, 2.05) is 37.5 Å². The van der Waals surface area contributed by atoms with Gasteiger partial charge in [-0.3, -0.25) is 9.59 Å². The molecule has 3 aromatic rings. The van der Waals surface area contributed by atoms with E-state index in [1.54, 1.807) is 30.3 Å². The summed E-state index contributed by atoms with van der Waals surface area (Å²) in [6, 6.07) is 12.3.